The van der Waals surface area contributed by atoms with Gasteiger partial charge in [-0.15, -0.1) is 0 Å². The summed E-state index contributed by atoms with van der Waals surface area (Å²) in [7, 11) is 0. The Morgan fingerprint density at radius 3 is 2.83 bits per heavy atom. The summed E-state index contributed by atoms with van der Waals surface area (Å²) in [5, 5.41) is 7.70. The third-order valence-electron chi connectivity index (χ3n) is 4.23. The summed E-state index contributed by atoms with van der Waals surface area (Å²) < 4.78 is 12.8. The molecule has 0 fully saturated rings. The highest BCUT2D eigenvalue weighted by Gasteiger charge is 2.25. The van der Waals surface area contributed by atoms with E-state index in [1.165, 1.54) is 0 Å². The molecule has 6 heteroatoms. The zero-order chi connectivity index (χ0) is 15.9. The lowest BCUT2D eigenvalue weighted by atomic mass is 10.0. The zero-order valence-corrected chi connectivity index (χ0v) is 12.7. The molecule has 2 aliphatic heterocycles. The van der Waals surface area contributed by atoms with E-state index in [0.717, 1.165) is 34.3 Å². The minimum Gasteiger partial charge on any atom is -0.454 e. The molecule has 0 spiro atoms. The van der Waals surface area contributed by atoms with Crippen molar-refractivity contribution in [1.82, 2.24) is 14.8 Å². The number of anilines is 1. The van der Waals surface area contributed by atoms with Crippen LogP contribution in [0.2, 0.25) is 0 Å². The van der Waals surface area contributed by atoms with Gasteiger partial charge in [-0.05, 0) is 29.3 Å². The summed E-state index contributed by atoms with van der Waals surface area (Å²) >= 11 is 0. The minimum atomic E-state index is -0.0616. The first-order chi connectivity index (χ1) is 11.9. The second kappa shape index (κ2) is 5.13. The lowest BCUT2D eigenvalue weighted by Crippen LogP contribution is -2.20. The molecule has 24 heavy (non-hydrogen) atoms. The van der Waals surface area contributed by atoms with Gasteiger partial charge in [-0.25, -0.2) is 4.68 Å². The standard InChI is InChI=1S/C18H14N4O2/c1-2-4-12(5-3-1)14-9-15(22-18(21-14)19-10-20-22)13-6-7-16-17(8-13)24-11-23-16/h1-10,15H,11H2,(H,19,20,21)/t15-/m1/s1. The van der Waals surface area contributed by atoms with Crippen molar-refractivity contribution in [3.63, 3.8) is 0 Å². The summed E-state index contributed by atoms with van der Waals surface area (Å²) in [6.07, 6.45) is 3.71. The quantitative estimate of drug-likeness (QED) is 0.787. The Morgan fingerprint density at radius 2 is 1.92 bits per heavy atom. The van der Waals surface area contributed by atoms with E-state index in [2.05, 4.69) is 33.6 Å². The fourth-order valence-electron chi connectivity index (χ4n) is 3.05. The van der Waals surface area contributed by atoms with Crippen molar-refractivity contribution < 1.29 is 9.47 Å². The zero-order valence-electron chi connectivity index (χ0n) is 12.7. The molecule has 0 saturated carbocycles. The number of nitrogens with one attached hydrogen (secondary N) is 1. The second-order valence-electron chi connectivity index (χ2n) is 5.66. The van der Waals surface area contributed by atoms with Crippen molar-refractivity contribution in [1.29, 1.82) is 0 Å². The highest BCUT2D eigenvalue weighted by molar-refractivity contribution is 5.77. The van der Waals surface area contributed by atoms with E-state index >= 15 is 0 Å². The Balaban J connectivity index is 1.62. The van der Waals surface area contributed by atoms with Gasteiger partial charge >= 0.3 is 0 Å². The topological polar surface area (TPSA) is 61.2 Å². The highest BCUT2D eigenvalue weighted by Crippen LogP contribution is 2.38. The van der Waals surface area contributed by atoms with Crippen molar-refractivity contribution in [3.8, 4) is 11.5 Å². The van der Waals surface area contributed by atoms with Gasteiger partial charge in [0.2, 0.25) is 12.7 Å². The molecule has 3 aromatic rings. The molecule has 0 aliphatic carbocycles. The van der Waals surface area contributed by atoms with Crippen LogP contribution in [-0.4, -0.2) is 21.6 Å². The molecule has 3 heterocycles. The third kappa shape index (κ3) is 2.04. The maximum Gasteiger partial charge on any atom is 0.231 e. The number of fused-ring (bicyclic) bond motifs is 2. The molecule has 6 nitrogen and oxygen atoms in total. The van der Waals surface area contributed by atoms with Crippen molar-refractivity contribution in [2.45, 2.75) is 6.04 Å². The second-order valence-corrected chi connectivity index (χ2v) is 5.66. The molecule has 0 saturated heterocycles. The summed E-state index contributed by atoms with van der Waals surface area (Å²) in [5.41, 5.74) is 3.19. The predicted molar refractivity (Wildman–Crippen MR) is 88.8 cm³/mol. The smallest absolute Gasteiger partial charge is 0.231 e. The van der Waals surface area contributed by atoms with Crippen molar-refractivity contribution in [3.05, 3.63) is 72.1 Å². The number of hydrogen-bond donors (Lipinski definition) is 1. The Bertz CT molecular complexity index is 933. The predicted octanol–water partition coefficient (Wildman–Crippen LogP) is 3.06. The van der Waals surface area contributed by atoms with Crippen LogP contribution in [0.1, 0.15) is 17.2 Å². The molecular weight excluding hydrogens is 304 g/mol. The summed E-state index contributed by atoms with van der Waals surface area (Å²) in [6, 6.07) is 16.1. The third-order valence-corrected chi connectivity index (χ3v) is 4.23. The number of allylic oxidation sites excluding steroid dienone is 1. The minimum absolute atomic E-state index is 0.0616. The number of nitrogens with zero attached hydrogens (tertiary/aromatic N) is 3. The van der Waals surface area contributed by atoms with E-state index in [0.29, 0.717) is 0 Å². The van der Waals surface area contributed by atoms with E-state index in [-0.39, 0.29) is 12.8 Å². The average Bonchev–Trinajstić information content (AvgIpc) is 3.29. The molecule has 1 N–H and O–H groups in total. The Hall–Kier alpha value is -3.28. The molecule has 1 aromatic heterocycles. The van der Waals surface area contributed by atoms with Crippen LogP contribution >= 0.6 is 0 Å². The SMILES string of the molecule is C1=C(c2ccccc2)Nc2ncnn2[C@H]1c1ccc2c(c1)OCO2. The van der Waals surface area contributed by atoms with Gasteiger partial charge in [-0.2, -0.15) is 10.1 Å². The number of ether oxygens (including phenoxy) is 2. The van der Waals surface area contributed by atoms with Crippen LogP contribution < -0.4 is 14.8 Å². The Kier molecular flexibility index (Phi) is 2.82. The normalized spacial score (nSPS) is 17.8. The van der Waals surface area contributed by atoms with Gasteiger partial charge in [0.05, 0.1) is 0 Å². The van der Waals surface area contributed by atoms with Gasteiger partial charge in [0.25, 0.3) is 0 Å². The highest BCUT2D eigenvalue weighted by atomic mass is 16.7. The maximum atomic E-state index is 5.51. The molecule has 0 bridgehead atoms. The van der Waals surface area contributed by atoms with Crippen molar-refractivity contribution in [2.24, 2.45) is 0 Å². The van der Waals surface area contributed by atoms with Crippen LogP contribution in [-0.2, 0) is 0 Å². The van der Waals surface area contributed by atoms with Crippen LogP contribution in [0.15, 0.2) is 60.9 Å². The van der Waals surface area contributed by atoms with E-state index in [9.17, 15) is 0 Å². The van der Waals surface area contributed by atoms with Gasteiger partial charge in [0.1, 0.15) is 12.4 Å². The van der Waals surface area contributed by atoms with Crippen LogP contribution in [0, 0.1) is 0 Å². The number of benzene rings is 2. The Labute approximate surface area is 138 Å². The monoisotopic (exact) mass is 318 g/mol. The average molecular weight is 318 g/mol. The summed E-state index contributed by atoms with van der Waals surface area (Å²) in [6.45, 7) is 0.269. The van der Waals surface area contributed by atoms with E-state index in [4.69, 9.17) is 9.47 Å². The van der Waals surface area contributed by atoms with E-state index in [1.54, 1.807) is 6.33 Å². The first-order valence-corrected chi connectivity index (χ1v) is 7.72. The molecule has 1 atom stereocenters. The lowest BCUT2D eigenvalue weighted by molar-refractivity contribution is 0.174. The van der Waals surface area contributed by atoms with E-state index < -0.39 is 0 Å². The van der Waals surface area contributed by atoms with Gasteiger partial charge in [0.15, 0.2) is 11.5 Å². The molecule has 5 rings (SSSR count). The molecule has 0 radical (unpaired) electrons. The van der Waals surface area contributed by atoms with Crippen LogP contribution in [0.25, 0.3) is 5.70 Å². The molecule has 2 aliphatic rings. The summed E-state index contributed by atoms with van der Waals surface area (Å²) in [5.74, 6) is 2.26. The van der Waals surface area contributed by atoms with Gasteiger partial charge in [0, 0.05) is 5.70 Å². The first-order valence-electron chi connectivity index (χ1n) is 7.72. The van der Waals surface area contributed by atoms with Crippen LogP contribution in [0.5, 0.6) is 11.5 Å². The fraction of sp³-hybridized carbons (Fsp3) is 0.111. The molecular formula is C18H14N4O2. The van der Waals surface area contributed by atoms with Crippen LogP contribution in [0.3, 0.4) is 0 Å². The van der Waals surface area contributed by atoms with Crippen molar-refractivity contribution in [2.75, 3.05) is 12.1 Å². The first kappa shape index (κ1) is 13.2. The summed E-state index contributed by atoms with van der Waals surface area (Å²) in [4.78, 5) is 4.32. The number of rotatable bonds is 2. The van der Waals surface area contributed by atoms with Gasteiger partial charge < -0.3 is 14.8 Å². The molecule has 0 unspecified atom stereocenters. The molecule has 2 aromatic carbocycles. The fourth-order valence-corrected chi connectivity index (χ4v) is 3.05. The van der Waals surface area contributed by atoms with E-state index in [1.807, 2.05) is 41.1 Å². The maximum absolute atomic E-state index is 5.51. The van der Waals surface area contributed by atoms with Crippen LogP contribution in [0.4, 0.5) is 5.95 Å². The largest absolute Gasteiger partial charge is 0.454 e. The number of aromatic nitrogens is 3. The van der Waals surface area contributed by atoms with Crippen molar-refractivity contribution >= 4 is 11.6 Å². The number of hydrogen-bond acceptors (Lipinski definition) is 5. The Morgan fingerprint density at radius 1 is 1.04 bits per heavy atom. The molecule has 0 amide bonds. The molecule has 118 valence electrons. The van der Waals surface area contributed by atoms with Gasteiger partial charge in [-0.3, -0.25) is 0 Å². The lowest BCUT2D eigenvalue weighted by Gasteiger charge is -2.24. The van der Waals surface area contributed by atoms with Gasteiger partial charge in [-0.1, -0.05) is 36.4 Å².